The van der Waals surface area contributed by atoms with E-state index in [0.717, 1.165) is 43.6 Å². The van der Waals surface area contributed by atoms with Crippen molar-refractivity contribution in [2.75, 3.05) is 53.6 Å². The second-order valence-corrected chi connectivity index (χ2v) is 8.15. The lowest BCUT2D eigenvalue weighted by atomic mass is 9.64. The number of nitrogens with one attached hydrogen (secondary N) is 1. The lowest BCUT2D eigenvalue weighted by Crippen LogP contribution is -2.49. The molecule has 1 heterocycles. The van der Waals surface area contributed by atoms with Crippen molar-refractivity contribution in [3.63, 3.8) is 0 Å². The Morgan fingerprint density at radius 1 is 1.29 bits per heavy atom. The molecule has 3 rings (SSSR count). The zero-order chi connectivity index (χ0) is 19.1. The summed E-state index contributed by atoms with van der Waals surface area (Å²) >= 11 is 6.07. The molecule has 2 fully saturated rings. The lowest BCUT2D eigenvalue weighted by molar-refractivity contribution is 0.0536. The van der Waals surface area contributed by atoms with Crippen molar-refractivity contribution in [1.29, 1.82) is 0 Å². The Balaban J connectivity index is 0.00000280. The summed E-state index contributed by atoms with van der Waals surface area (Å²) in [7, 11) is 3.58. The number of rotatable bonds is 8. The number of hydrogen-bond acceptors (Lipinski definition) is 3. The van der Waals surface area contributed by atoms with Gasteiger partial charge in [0.15, 0.2) is 5.96 Å². The molecule has 7 heteroatoms. The van der Waals surface area contributed by atoms with Gasteiger partial charge in [0.1, 0.15) is 0 Å². The topological polar surface area (TPSA) is 46.1 Å². The molecule has 0 bridgehead atoms. The summed E-state index contributed by atoms with van der Waals surface area (Å²) in [5, 5.41) is 4.45. The van der Waals surface area contributed by atoms with Crippen LogP contribution in [-0.4, -0.2) is 64.5 Å². The Hall–Kier alpha value is -0.570. The molecule has 1 aromatic carbocycles. The molecule has 28 heavy (non-hydrogen) atoms. The number of guanidine groups is 1. The Kier molecular flexibility index (Phi) is 9.80. The molecule has 0 aromatic heterocycles. The summed E-state index contributed by atoms with van der Waals surface area (Å²) in [4.78, 5) is 6.89. The standard InChI is InChI=1S/C21H32ClN3O2.HI/c1-23-20(25-11-8-17(14-25)15-27-13-12-26-2)24-16-21(9-3-10-21)18-4-6-19(22)7-5-18;/h4-7,17H,3,8-16H2,1-2H3,(H,23,24);1H. The second kappa shape index (κ2) is 11.6. The van der Waals surface area contributed by atoms with E-state index in [2.05, 4.69) is 27.3 Å². The van der Waals surface area contributed by atoms with E-state index < -0.39 is 0 Å². The first-order chi connectivity index (χ1) is 13.2. The van der Waals surface area contributed by atoms with Gasteiger partial charge in [0.2, 0.25) is 0 Å². The quantitative estimate of drug-likeness (QED) is 0.244. The number of nitrogens with zero attached hydrogens (tertiary/aromatic N) is 2. The molecular formula is C21H33ClIN3O2. The fourth-order valence-electron chi connectivity index (χ4n) is 4.11. The molecular weight excluding hydrogens is 489 g/mol. The van der Waals surface area contributed by atoms with Gasteiger partial charge >= 0.3 is 0 Å². The maximum absolute atomic E-state index is 6.07. The average molecular weight is 522 g/mol. The number of ether oxygens (including phenoxy) is 2. The highest BCUT2D eigenvalue weighted by Crippen LogP contribution is 2.43. The number of methoxy groups -OCH3 is 1. The normalized spacial score (nSPS) is 21.2. The molecule has 0 amide bonds. The van der Waals surface area contributed by atoms with Crippen molar-refractivity contribution < 1.29 is 9.47 Å². The molecule has 1 aliphatic carbocycles. The van der Waals surface area contributed by atoms with Gasteiger partial charge < -0.3 is 19.7 Å². The molecule has 1 saturated carbocycles. The van der Waals surface area contributed by atoms with Gasteiger partial charge in [0, 0.05) is 50.1 Å². The van der Waals surface area contributed by atoms with Crippen molar-refractivity contribution in [2.45, 2.75) is 31.1 Å². The van der Waals surface area contributed by atoms with Crippen molar-refractivity contribution in [3.05, 3.63) is 34.9 Å². The van der Waals surface area contributed by atoms with E-state index in [-0.39, 0.29) is 29.4 Å². The van der Waals surface area contributed by atoms with Gasteiger partial charge in [-0.2, -0.15) is 0 Å². The molecule has 1 N–H and O–H groups in total. The molecule has 1 saturated heterocycles. The zero-order valence-electron chi connectivity index (χ0n) is 17.0. The average Bonchev–Trinajstić information content (AvgIpc) is 3.11. The summed E-state index contributed by atoms with van der Waals surface area (Å²) in [5.74, 6) is 1.57. The van der Waals surface area contributed by atoms with Crippen LogP contribution < -0.4 is 5.32 Å². The molecule has 1 unspecified atom stereocenters. The Morgan fingerprint density at radius 3 is 2.64 bits per heavy atom. The van der Waals surface area contributed by atoms with E-state index in [9.17, 15) is 0 Å². The SMILES string of the molecule is CN=C(NCC1(c2ccc(Cl)cc2)CCC1)N1CCC(COCCOC)C1.I. The van der Waals surface area contributed by atoms with Gasteiger partial charge in [-0.05, 0) is 37.0 Å². The molecule has 1 aliphatic heterocycles. The van der Waals surface area contributed by atoms with Crippen LogP contribution in [0.2, 0.25) is 5.02 Å². The van der Waals surface area contributed by atoms with Crippen LogP contribution >= 0.6 is 35.6 Å². The largest absolute Gasteiger partial charge is 0.382 e. The van der Waals surface area contributed by atoms with Crippen molar-refractivity contribution in [3.8, 4) is 0 Å². The van der Waals surface area contributed by atoms with Crippen LogP contribution in [0.1, 0.15) is 31.2 Å². The Labute approximate surface area is 191 Å². The van der Waals surface area contributed by atoms with Crippen molar-refractivity contribution in [2.24, 2.45) is 10.9 Å². The minimum Gasteiger partial charge on any atom is -0.382 e. The first kappa shape index (κ1) is 23.7. The summed E-state index contributed by atoms with van der Waals surface area (Å²) in [6.45, 7) is 5.08. The van der Waals surface area contributed by atoms with Gasteiger partial charge in [-0.3, -0.25) is 4.99 Å². The number of hydrogen-bond donors (Lipinski definition) is 1. The molecule has 0 radical (unpaired) electrons. The first-order valence-corrected chi connectivity index (χ1v) is 10.3. The van der Waals surface area contributed by atoms with E-state index in [0.29, 0.717) is 19.1 Å². The van der Waals surface area contributed by atoms with Gasteiger partial charge in [-0.1, -0.05) is 30.2 Å². The third kappa shape index (κ3) is 5.97. The zero-order valence-corrected chi connectivity index (χ0v) is 20.0. The van der Waals surface area contributed by atoms with Crippen molar-refractivity contribution >= 4 is 41.5 Å². The molecule has 1 atom stereocenters. The summed E-state index contributed by atoms with van der Waals surface area (Å²) in [6, 6.07) is 8.35. The van der Waals surface area contributed by atoms with E-state index in [1.807, 2.05) is 19.2 Å². The lowest BCUT2D eigenvalue weighted by Gasteiger charge is -2.43. The molecule has 5 nitrogen and oxygen atoms in total. The van der Waals surface area contributed by atoms with E-state index in [4.69, 9.17) is 21.1 Å². The fraction of sp³-hybridized carbons (Fsp3) is 0.667. The first-order valence-electron chi connectivity index (χ1n) is 9.95. The van der Waals surface area contributed by atoms with E-state index in [1.54, 1.807) is 7.11 Å². The van der Waals surface area contributed by atoms with Gasteiger partial charge in [0.25, 0.3) is 0 Å². The second-order valence-electron chi connectivity index (χ2n) is 7.71. The Morgan fingerprint density at radius 2 is 2.04 bits per heavy atom. The highest BCUT2D eigenvalue weighted by molar-refractivity contribution is 14.0. The molecule has 1 aromatic rings. The van der Waals surface area contributed by atoms with Crippen LogP contribution in [0, 0.1) is 5.92 Å². The minimum absolute atomic E-state index is 0. The minimum atomic E-state index is 0. The maximum Gasteiger partial charge on any atom is 0.193 e. The van der Waals surface area contributed by atoms with Crippen LogP contribution in [-0.2, 0) is 14.9 Å². The highest BCUT2D eigenvalue weighted by Gasteiger charge is 2.39. The van der Waals surface area contributed by atoms with Crippen LogP contribution in [0.15, 0.2) is 29.3 Å². The van der Waals surface area contributed by atoms with Gasteiger partial charge in [-0.15, -0.1) is 24.0 Å². The van der Waals surface area contributed by atoms with Crippen LogP contribution in [0.3, 0.4) is 0 Å². The third-order valence-electron chi connectivity index (χ3n) is 5.93. The molecule has 158 valence electrons. The summed E-state index contributed by atoms with van der Waals surface area (Å²) in [5.41, 5.74) is 1.59. The van der Waals surface area contributed by atoms with Crippen molar-refractivity contribution in [1.82, 2.24) is 10.2 Å². The monoisotopic (exact) mass is 521 g/mol. The molecule has 0 spiro atoms. The van der Waals surface area contributed by atoms with Crippen LogP contribution in [0.5, 0.6) is 0 Å². The number of aliphatic imine (C=N–C) groups is 1. The highest BCUT2D eigenvalue weighted by atomic mass is 127. The number of likely N-dealkylation sites (tertiary alicyclic amines) is 1. The number of benzene rings is 1. The predicted octanol–water partition coefficient (Wildman–Crippen LogP) is 3.94. The number of halogens is 2. The third-order valence-corrected chi connectivity index (χ3v) is 6.19. The molecule has 2 aliphatic rings. The van der Waals surface area contributed by atoms with Crippen LogP contribution in [0.4, 0.5) is 0 Å². The summed E-state index contributed by atoms with van der Waals surface area (Å²) < 4.78 is 10.7. The smallest absolute Gasteiger partial charge is 0.193 e. The van der Waals surface area contributed by atoms with Crippen LogP contribution in [0.25, 0.3) is 0 Å². The fourth-order valence-corrected chi connectivity index (χ4v) is 4.23. The predicted molar refractivity (Wildman–Crippen MR) is 126 cm³/mol. The summed E-state index contributed by atoms with van der Waals surface area (Å²) in [6.07, 6.45) is 4.87. The maximum atomic E-state index is 6.07. The van der Waals surface area contributed by atoms with E-state index >= 15 is 0 Å². The van der Waals surface area contributed by atoms with Gasteiger partial charge in [-0.25, -0.2) is 0 Å². The Bertz CT molecular complexity index is 623. The van der Waals surface area contributed by atoms with E-state index in [1.165, 1.54) is 24.8 Å². The van der Waals surface area contributed by atoms with Gasteiger partial charge in [0.05, 0.1) is 19.8 Å².